The zero-order valence-corrected chi connectivity index (χ0v) is 13.9. The number of fused-ring (bicyclic) bond motifs is 3. The van der Waals surface area contributed by atoms with E-state index in [1.807, 2.05) is 49.5 Å². The van der Waals surface area contributed by atoms with Gasteiger partial charge in [0.1, 0.15) is 17.2 Å². The summed E-state index contributed by atoms with van der Waals surface area (Å²) in [6.45, 7) is 1.89. The molecule has 1 atom stereocenters. The highest BCUT2D eigenvalue weighted by atomic mass is 16.5. The number of hydrogen-bond donors (Lipinski definition) is 1. The van der Waals surface area contributed by atoms with E-state index in [1.165, 1.54) is 0 Å². The molecule has 0 fully saturated rings. The molecule has 1 N–H and O–H groups in total. The summed E-state index contributed by atoms with van der Waals surface area (Å²) < 4.78 is 6.96. The Balaban J connectivity index is 1.96. The van der Waals surface area contributed by atoms with Crippen LogP contribution in [-0.2, 0) is 4.79 Å². The summed E-state index contributed by atoms with van der Waals surface area (Å²) in [5.41, 5.74) is 2.55. The first-order valence-electron chi connectivity index (χ1n) is 8.04. The number of ether oxygens (including phenoxy) is 1. The van der Waals surface area contributed by atoms with Gasteiger partial charge in [0, 0.05) is 18.5 Å². The highest BCUT2D eigenvalue weighted by Crippen LogP contribution is 2.35. The summed E-state index contributed by atoms with van der Waals surface area (Å²) in [4.78, 5) is 29.3. The van der Waals surface area contributed by atoms with Gasteiger partial charge < -0.3 is 10.1 Å². The van der Waals surface area contributed by atoms with Crippen LogP contribution in [0.25, 0.3) is 5.65 Å². The Morgan fingerprint density at radius 1 is 1.20 bits per heavy atom. The van der Waals surface area contributed by atoms with Gasteiger partial charge in [-0.25, -0.2) is 0 Å². The van der Waals surface area contributed by atoms with Gasteiger partial charge in [-0.2, -0.15) is 4.98 Å². The summed E-state index contributed by atoms with van der Waals surface area (Å²) >= 11 is 0. The maximum absolute atomic E-state index is 12.7. The first-order chi connectivity index (χ1) is 12.1. The molecule has 1 aliphatic heterocycles. The number of nitrogens with one attached hydrogen (secondary N) is 1. The topological polar surface area (TPSA) is 72.7 Å². The Hall–Kier alpha value is -3.15. The first kappa shape index (κ1) is 15.4. The zero-order valence-electron chi connectivity index (χ0n) is 13.9. The number of pyridine rings is 1. The van der Waals surface area contributed by atoms with Crippen molar-refractivity contribution in [1.82, 2.24) is 9.38 Å². The number of carbonyl (C=O) groups excluding carboxylic acids is 1. The maximum atomic E-state index is 12.7. The summed E-state index contributed by atoms with van der Waals surface area (Å²) in [5.74, 6) is 0.797. The van der Waals surface area contributed by atoms with Crippen LogP contribution in [-0.4, -0.2) is 22.4 Å². The molecule has 6 heteroatoms. The third kappa shape index (κ3) is 2.46. The summed E-state index contributed by atoms with van der Waals surface area (Å²) in [6.07, 6.45) is 2.03. The Morgan fingerprint density at radius 2 is 1.96 bits per heavy atom. The number of amides is 1. The van der Waals surface area contributed by atoms with Gasteiger partial charge in [-0.15, -0.1) is 0 Å². The molecule has 4 rings (SSSR count). The van der Waals surface area contributed by atoms with Crippen LogP contribution < -0.4 is 15.6 Å². The van der Waals surface area contributed by atoms with E-state index >= 15 is 0 Å². The molecule has 0 saturated heterocycles. The van der Waals surface area contributed by atoms with E-state index in [0.717, 1.165) is 16.9 Å². The van der Waals surface area contributed by atoms with Gasteiger partial charge in [0.2, 0.25) is 5.91 Å². The second-order valence-electron chi connectivity index (χ2n) is 6.14. The molecule has 1 amide bonds. The van der Waals surface area contributed by atoms with Gasteiger partial charge in [0.15, 0.2) is 0 Å². The van der Waals surface area contributed by atoms with Crippen LogP contribution in [0.4, 0.5) is 5.82 Å². The van der Waals surface area contributed by atoms with Crippen molar-refractivity contribution in [3.63, 3.8) is 0 Å². The van der Waals surface area contributed by atoms with Crippen molar-refractivity contribution in [1.29, 1.82) is 0 Å². The van der Waals surface area contributed by atoms with E-state index in [4.69, 9.17) is 4.74 Å². The normalized spacial score (nSPS) is 16.4. The Morgan fingerprint density at radius 3 is 2.68 bits per heavy atom. The molecule has 0 unspecified atom stereocenters. The van der Waals surface area contributed by atoms with Crippen molar-refractivity contribution in [3.8, 4) is 5.75 Å². The fourth-order valence-corrected chi connectivity index (χ4v) is 3.35. The highest BCUT2D eigenvalue weighted by Gasteiger charge is 2.31. The number of methoxy groups -OCH3 is 1. The first-order valence-corrected chi connectivity index (χ1v) is 8.04. The summed E-state index contributed by atoms with van der Waals surface area (Å²) in [7, 11) is 1.60. The molecule has 0 radical (unpaired) electrons. The van der Waals surface area contributed by atoms with E-state index in [1.54, 1.807) is 11.5 Å². The van der Waals surface area contributed by atoms with Crippen LogP contribution in [0, 0.1) is 6.92 Å². The molecule has 3 aromatic rings. The number of nitrogens with zero attached hydrogens (tertiary/aromatic N) is 2. The highest BCUT2D eigenvalue weighted by molar-refractivity contribution is 5.94. The van der Waals surface area contributed by atoms with Crippen molar-refractivity contribution < 1.29 is 9.53 Å². The quantitative estimate of drug-likeness (QED) is 0.781. The Labute approximate surface area is 144 Å². The number of benzene rings is 1. The molecule has 0 aliphatic carbocycles. The summed E-state index contributed by atoms with van der Waals surface area (Å²) in [6, 6.07) is 11.2. The molecule has 0 spiro atoms. The van der Waals surface area contributed by atoms with E-state index in [9.17, 15) is 9.59 Å². The van der Waals surface area contributed by atoms with Crippen LogP contribution >= 0.6 is 0 Å². The molecule has 1 aliphatic rings. The zero-order chi connectivity index (χ0) is 17.6. The number of hydrogen-bond acceptors (Lipinski definition) is 4. The van der Waals surface area contributed by atoms with Crippen molar-refractivity contribution in [3.05, 3.63) is 69.6 Å². The van der Waals surface area contributed by atoms with Crippen molar-refractivity contribution in [2.75, 3.05) is 12.4 Å². The van der Waals surface area contributed by atoms with Gasteiger partial charge in [-0.1, -0.05) is 18.2 Å². The predicted molar refractivity (Wildman–Crippen MR) is 94.3 cm³/mol. The van der Waals surface area contributed by atoms with Crippen molar-refractivity contribution >= 4 is 17.4 Å². The van der Waals surface area contributed by atoms with Crippen LogP contribution in [0.1, 0.15) is 29.0 Å². The molecule has 3 heterocycles. The van der Waals surface area contributed by atoms with E-state index in [2.05, 4.69) is 10.3 Å². The molecule has 25 heavy (non-hydrogen) atoms. The maximum Gasteiger partial charge on any atom is 0.279 e. The lowest BCUT2D eigenvalue weighted by Gasteiger charge is -2.26. The molecule has 6 nitrogen and oxygen atoms in total. The number of carbonyl (C=O) groups is 1. The molecule has 1 aromatic carbocycles. The third-order valence-electron chi connectivity index (χ3n) is 4.61. The fourth-order valence-electron chi connectivity index (χ4n) is 3.35. The molecule has 2 aromatic heterocycles. The molecule has 0 saturated carbocycles. The average molecular weight is 335 g/mol. The molecule has 126 valence electrons. The third-order valence-corrected chi connectivity index (χ3v) is 4.61. The minimum absolute atomic E-state index is 0.116. The van der Waals surface area contributed by atoms with Crippen molar-refractivity contribution in [2.24, 2.45) is 0 Å². The van der Waals surface area contributed by atoms with Crippen molar-refractivity contribution in [2.45, 2.75) is 19.3 Å². The number of aromatic nitrogens is 2. The SMILES string of the molecule is COc1ccc([C@@H]2CC(=O)Nc3c2c(=O)nc2c(C)cccn32)cc1. The van der Waals surface area contributed by atoms with Crippen LogP contribution in [0.15, 0.2) is 47.4 Å². The lowest BCUT2D eigenvalue weighted by atomic mass is 9.86. The van der Waals surface area contributed by atoms with E-state index in [-0.39, 0.29) is 23.8 Å². The van der Waals surface area contributed by atoms with Gasteiger partial charge in [-0.05, 0) is 36.2 Å². The standard InChI is InChI=1S/C19H17N3O3/c1-11-4-3-9-22-17(11)21-19(24)16-14(10-15(23)20-18(16)22)12-5-7-13(25-2)8-6-12/h3-9,14H,10H2,1-2H3,(H,20,23)/t14-/m0/s1. The van der Waals surface area contributed by atoms with Gasteiger partial charge in [0.25, 0.3) is 5.56 Å². The van der Waals surface area contributed by atoms with Crippen LogP contribution in [0.5, 0.6) is 5.75 Å². The van der Waals surface area contributed by atoms with E-state index < -0.39 is 0 Å². The Bertz CT molecular complexity index is 1040. The Kier molecular flexibility index (Phi) is 3.53. The lowest BCUT2D eigenvalue weighted by Crippen LogP contribution is -2.32. The minimum atomic E-state index is -0.327. The number of anilines is 1. The molecule has 0 bridgehead atoms. The van der Waals surface area contributed by atoms with Gasteiger partial charge >= 0.3 is 0 Å². The predicted octanol–water partition coefficient (Wildman–Crippen LogP) is 2.49. The number of aryl methyl sites for hydroxylation is 1. The minimum Gasteiger partial charge on any atom is -0.497 e. The van der Waals surface area contributed by atoms with E-state index in [0.29, 0.717) is 17.0 Å². The average Bonchev–Trinajstić information content (AvgIpc) is 2.62. The molecular weight excluding hydrogens is 318 g/mol. The number of rotatable bonds is 2. The van der Waals surface area contributed by atoms with Crippen LogP contribution in [0.2, 0.25) is 0 Å². The monoisotopic (exact) mass is 335 g/mol. The lowest BCUT2D eigenvalue weighted by molar-refractivity contribution is -0.116. The second kappa shape index (κ2) is 5.73. The summed E-state index contributed by atoms with van der Waals surface area (Å²) in [5, 5.41) is 2.85. The smallest absolute Gasteiger partial charge is 0.279 e. The second-order valence-corrected chi connectivity index (χ2v) is 6.14. The fraction of sp³-hybridized carbons (Fsp3) is 0.211. The van der Waals surface area contributed by atoms with Gasteiger partial charge in [-0.3, -0.25) is 14.0 Å². The largest absolute Gasteiger partial charge is 0.497 e. The van der Waals surface area contributed by atoms with Crippen LogP contribution in [0.3, 0.4) is 0 Å². The van der Waals surface area contributed by atoms with Gasteiger partial charge in [0.05, 0.1) is 12.7 Å². The molecular formula is C19H17N3O3.